The van der Waals surface area contributed by atoms with E-state index in [4.69, 9.17) is 4.52 Å². The molecule has 0 bridgehead atoms. The predicted octanol–water partition coefficient (Wildman–Crippen LogP) is 4.48. The van der Waals surface area contributed by atoms with E-state index in [1.54, 1.807) is 17.1 Å². The van der Waals surface area contributed by atoms with E-state index < -0.39 is 6.72 Å². The van der Waals surface area contributed by atoms with Gasteiger partial charge in [-0.2, -0.15) is 0 Å². The summed E-state index contributed by atoms with van der Waals surface area (Å²) in [5.41, 5.74) is 0. The SMILES string of the molecule is CCCCSSP(=O)(NC=NC1CCCC1)OC. The van der Waals surface area contributed by atoms with E-state index in [0.717, 1.165) is 31.4 Å². The summed E-state index contributed by atoms with van der Waals surface area (Å²) in [6.07, 6.45) is 8.67. The highest BCUT2D eigenvalue weighted by Gasteiger charge is 2.21. The van der Waals surface area contributed by atoms with Crippen LogP contribution in [0.3, 0.4) is 0 Å². The summed E-state index contributed by atoms with van der Waals surface area (Å²) in [7, 11) is 4.37. The number of rotatable bonds is 9. The Morgan fingerprint density at radius 3 is 2.83 bits per heavy atom. The van der Waals surface area contributed by atoms with Gasteiger partial charge in [0, 0.05) is 23.3 Å². The maximum atomic E-state index is 12.2. The molecule has 0 saturated heterocycles. The van der Waals surface area contributed by atoms with E-state index in [1.165, 1.54) is 30.4 Å². The van der Waals surface area contributed by atoms with Crippen molar-refractivity contribution in [1.29, 1.82) is 0 Å². The first-order valence-corrected chi connectivity index (χ1v) is 11.0. The fraction of sp³-hybridized carbons (Fsp3) is 0.909. The summed E-state index contributed by atoms with van der Waals surface area (Å²) in [6.45, 7) is -0.670. The standard InChI is InChI=1S/C11H23N2O2PS2/c1-3-4-9-17-18-16(14,15-2)13-10-12-11-7-5-6-8-11/h10-11H,3-9H2,1-2H3,(H,12,13,14). The molecule has 0 aromatic carbocycles. The summed E-state index contributed by atoms with van der Waals surface area (Å²) in [4.78, 5) is 4.39. The summed E-state index contributed by atoms with van der Waals surface area (Å²) >= 11 is 0. The van der Waals surface area contributed by atoms with E-state index in [9.17, 15) is 4.57 Å². The summed E-state index contributed by atoms with van der Waals surface area (Å²) in [6, 6.07) is 0.403. The first-order chi connectivity index (χ1) is 8.70. The third-order valence-electron chi connectivity index (χ3n) is 2.80. The Kier molecular flexibility index (Phi) is 8.47. The first-order valence-electron chi connectivity index (χ1n) is 6.46. The molecule has 1 aliphatic carbocycles. The van der Waals surface area contributed by atoms with Crippen LogP contribution in [0.2, 0.25) is 0 Å². The van der Waals surface area contributed by atoms with Crippen molar-refractivity contribution in [3.8, 4) is 0 Å². The molecule has 0 spiro atoms. The number of unbranched alkanes of at least 4 members (excludes halogenated alkanes) is 1. The third-order valence-corrected chi connectivity index (χ3v) is 9.35. The van der Waals surface area contributed by atoms with E-state index in [2.05, 4.69) is 17.0 Å². The van der Waals surface area contributed by atoms with Crippen LogP contribution in [0.25, 0.3) is 0 Å². The van der Waals surface area contributed by atoms with Crippen LogP contribution >= 0.6 is 27.9 Å². The van der Waals surface area contributed by atoms with Gasteiger partial charge in [0.15, 0.2) is 0 Å². The van der Waals surface area contributed by atoms with Crippen LogP contribution < -0.4 is 5.09 Å². The van der Waals surface area contributed by atoms with Gasteiger partial charge >= 0.3 is 6.72 Å². The summed E-state index contributed by atoms with van der Waals surface area (Å²) < 4.78 is 17.3. The summed E-state index contributed by atoms with van der Waals surface area (Å²) in [5.74, 6) is 0.996. The second-order valence-electron chi connectivity index (χ2n) is 4.28. The zero-order valence-electron chi connectivity index (χ0n) is 11.1. The fourth-order valence-electron chi connectivity index (χ4n) is 1.68. The van der Waals surface area contributed by atoms with Crippen LogP contribution in [0.4, 0.5) is 0 Å². The van der Waals surface area contributed by atoms with E-state index in [-0.39, 0.29) is 0 Å². The molecule has 1 rings (SSSR count). The lowest BCUT2D eigenvalue weighted by molar-refractivity contribution is 0.406. The molecule has 1 atom stereocenters. The van der Waals surface area contributed by atoms with Crippen molar-refractivity contribution in [2.75, 3.05) is 12.9 Å². The molecule has 0 amide bonds. The van der Waals surface area contributed by atoms with Crippen molar-refractivity contribution in [3.63, 3.8) is 0 Å². The Hall–Kier alpha value is 0.360. The van der Waals surface area contributed by atoms with Crippen LogP contribution in [0.5, 0.6) is 0 Å². The molecule has 106 valence electrons. The van der Waals surface area contributed by atoms with Crippen LogP contribution in [0.1, 0.15) is 45.4 Å². The molecule has 7 heteroatoms. The number of nitrogens with one attached hydrogen (secondary N) is 1. The monoisotopic (exact) mass is 310 g/mol. The smallest absolute Gasteiger partial charge is 0.309 e. The van der Waals surface area contributed by atoms with Crippen molar-refractivity contribution < 1.29 is 9.09 Å². The van der Waals surface area contributed by atoms with Crippen LogP contribution in [0.15, 0.2) is 4.99 Å². The molecule has 4 nitrogen and oxygen atoms in total. The largest absolute Gasteiger partial charge is 0.361 e. The molecule has 1 saturated carbocycles. The van der Waals surface area contributed by atoms with Gasteiger partial charge in [0.2, 0.25) is 0 Å². The number of hydrogen-bond donors (Lipinski definition) is 1. The number of aliphatic imine (C=N–C) groups is 1. The van der Waals surface area contributed by atoms with Gasteiger partial charge in [-0.3, -0.25) is 14.6 Å². The maximum absolute atomic E-state index is 12.2. The molecular weight excluding hydrogens is 287 g/mol. The Morgan fingerprint density at radius 2 is 2.22 bits per heavy atom. The first kappa shape index (κ1) is 16.4. The third kappa shape index (κ3) is 6.50. The molecule has 0 heterocycles. The topological polar surface area (TPSA) is 50.7 Å². The van der Waals surface area contributed by atoms with Gasteiger partial charge in [-0.25, -0.2) is 0 Å². The predicted molar refractivity (Wildman–Crippen MR) is 83.5 cm³/mol. The molecule has 1 aliphatic rings. The van der Waals surface area contributed by atoms with Crippen LogP contribution in [-0.4, -0.2) is 25.2 Å². The molecule has 18 heavy (non-hydrogen) atoms. The highest BCUT2D eigenvalue weighted by atomic mass is 33.3. The normalized spacial score (nSPS) is 20.3. The van der Waals surface area contributed by atoms with Crippen molar-refractivity contribution in [2.24, 2.45) is 4.99 Å². The lowest BCUT2D eigenvalue weighted by atomic mass is 10.3. The van der Waals surface area contributed by atoms with Crippen LogP contribution in [0, 0.1) is 0 Å². The lowest BCUT2D eigenvalue weighted by Crippen LogP contribution is -2.09. The Labute approximate surface area is 118 Å². The molecular formula is C11H23N2O2PS2. The Balaban J connectivity index is 2.27. The highest BCUT2D eigenvalue weighted by molar-refractivity contribution is 8.99. The van der Waals surface area contributed by atoms with Gasteiger partial charge in [0.25, 0.3) is 0 Å². The molecule has 0 aromatic rings. The second-order valence-corrected chi connectivity index (χ2v) is 10.6. The Bertz CT molecular complexity index is 297. The van der Waals surface area contributed by atoms with Gasteiger partial charge in [-0.15, -0.1) is 0 Å². The second kappa shape index (κ2) is 9.29. The zero-order valence-corrected chi connectivity index (χ0v) is 13.7. The minimum Gasteiger partial charge on any atom is -0.309 e. The van der Waals surface area contributed by atoms with Crippen molar-refractivity contribution >= 4 is 34.3 Å². The average Bonchev–Trinajstić information content (AvgIpc) is 2.88. The van der Waals surface area contributed by atoms with E-state index in [1.807, 2.05) is 0 Å². The highest BCUT2D eigenvalue weighted by Crippen LogP contribution is 2.60. The maximum Gasteiger partial charge on any atom is 0.361 e. The molecule has 1 fully saturated rings. The zero-order chi connectivity index (χ0) is 13.3. The van der Waals surface area contributed by atoms with Gasteiger partial charge in [-0.1, -0.05) is 37.0 Å². The molecule has 0 aromatic heterocycles. The summed E-state index contributed by atoms with van der Waals surface area (Å²) in [5, 5.41) is 2.83. The molecule has 0 radical (unpaired) electrons. The van der Waals surface area contributed by atoms with Gasteiger partial charge in [0.05, 0.1) is 12.4 Å². The fourth-order valence-corrected chi connectivity index (χ4v) is 7.02. The van der Waals surface area contributed by atoms with Gasteiger partial charge in [0.1, 0.15) is 0 Å². The number of nitrogens with zero attached hydrogens (tertiary/aromatic N) is 1. The molecule has 1 N–H and O–H groups in total. The van der Waals surface area contributed by atoms with Crippen molar-refractivity contribution in [3.05, 3.63) is 0 Å². The van der Waals surface area contributed by atoms with Gasteiger partial charge < -0.3 is 4.52 Å². The minimum absolute atomic E-state index is 0.403. The van der Waals surface area contributed by atoms with Crippen LogP contribution in [-0.2, 0) is 9.09 Å². The minimum atomic E-state index is -2.82. The van der Waals surface area contributed by atoms with E-state index in [0.29, 0.717) is 6.04 Å². The Morgan fingerprint density at radius 1 is 1.50 bits per heavy atom. The van der Waals surface area contributed by atoms with E-state index >= 15 is 0 Å². The lowest BCUT2D eigenvalue weighted by Gasteiger charge is -2.14. The van der Waals surface area contributed by atoms with Gasteiger partial charge in [-0.05, 0) is 19.3 Å². The average molecular weight is 310 g/mol. The molecule has 1 unspecified atom stereocenters. The van der Waals surface area contributed by atoms with Crippen molar-refractivity contribution in [1.82, 2.24) is 5.09 Å². The quantitative estimate of drug-likeness (QED) is 0.224. The number of hydrogen-bond acceptors (Lipinski definition) is 5. The molecule has 0 aliphatic heterocycles. The van der Waals surface area contributed by atoms with Crippen molar-refractivity contribution in [2.45, 2.75) is 51.5 Å².